The molecular formula is C27H27Cl2N3O6S. The van der Waals surface area contributed by atoms with Crippen LogP contribution in [0.4, 0.5) is 5.69 Å². The summed E-state index contributed by atoms with van der Waals surface area (Å²) in [5.74, 6) is -0.723. The van der Waals surface area contributed by atoms with Gasteiger partial charge >= 0.3 is 5.97 Å². The number of anilines is 1. The number of nitrogens with one attached hydrogen (secondary N) is 1. The molecule has 3 aromatic rings. The minimum atomic E-state index is -4.11. The van der Waals surface area contributed by atoms with Crippen LogP contribution in [0.15, 0.2) is 82.8 Å². The van der Waals surface area contributed by atoms with Gasteiger partial charge in [0.1, 0.15) is 17.9 Å². The molecule has 0 radical (unpaired) electrons. The lowest BCUT2D eigenvalue weighted by molar-refractivity contribution is -0.157. The van der Waals surface area contributed by atoms with Crippen LogP contribution in [0.25, 0.3) is 0 Å². The Morgan fingerprint density at radius 2 is 1.64 bits per heavy atom. The van der Waals surface area contributed by atoms with E-state index in [0.29, 0.717) is 11.3 Å². The van der Waals surface area contributed by atoms with Crippen LogP contribution >= 0.6 is 23.2 Å². The van der Waals surface area contributed by atoms with Crippen molar-refractivity contribution >= 4 is 57.0 Å². The van der Waals surface area contributed by atoms with E-state index in [4.69, 9.17) is 32.7 Å². The predicted molar refractivity (Wildman–Crippen MR) is 151 cm³/mol. The number of benzene rings is 3. The number of halogens is 2. The topological polar surface area (TPSA) is 114 Å². The Morgan fingerprint density at radius 3 is 2.26 bits per heavy atom. The highest BCUT2D eigenvalue weighted by atomic mass is 35.5. The number of hydrazone groups is 1. The van der Waals surface area contributed by atoms with Gasteiger partial charge in [0.15, 0.2) is 6.61 Å². The summed E-state index contributed by atoms with van der Waals surface area (Å²) in [7, 11) is -4.11. The van der Waals surface area contributed by atoms with Gasteiger partial charge in [-0.2, -0.15) is 5.10 Å². The van der Waals surface area contributed by atoms with Crippen LogP contribution in [0.5, 0.6) is 5.75 Å². The van der Waals surface area contributed by atoms with Crippen molar-refractivity contribution in [2.75, 3.05) is 17.5 Å². The zero-order valence-corrected chi connectivity index (χ0v) is 23.8. The van der Waals surface area contributed by atoms with Gasteiger partial charge in [0, 0.05) is 0 Å². The van der Waals surface area contributed by atoms with Gasteiger partial charge in [0.05, 0.1) is 26.8 Å². The van der Waals surface area contributed by atoms with Gasteiger partial charge in [-0.1, -0.05) is 41.4 Å². The second kappa shape index (κ2) is 13.0. The third-order valence-corrected chi connectivity index (χ3v) is 7.40. The molecule has 39 heavy (non-hydrogen) atoms. The number of hydrogen-bond acceptors (Lipinski definition) is 7. The van der Waals surface area contributed by atoms with Crippen LogP contribution in [-0.4, -0.2) is 45.3 Å². The van der Waals surface area contributed by atoms with Gasteiger partial charge in [0.2, 0.25) is 0 Å². The lowest BCUT2D eigenvalue weighted by Gasteiger charge is -2.24. The monoisotopic (exact) mass is 591 g/mol. The first-order valence-electron chi connectivity index (χ1n) is 11.6. The number of rotatable bonds is 10. The lowest BCUT2D eigenvalue weighted by Crippen LogP contribution is -2.39. The number of hydrogen-bond donors (Lipinski definition) is 1. The number of amides is 1. The summed E-state index contributed by atoms with van der Waals surface area (Å²) < 4.78 is 38.2. The fourth-order valence-electron chi connectivity index (χ4n) is 3.18. The van der Waals surface area contributed by atoms with Crippen molar-refractivity contribution in [1.29, 1.82) is 0 Å². The van der Waals surface area contributed by atoms with Crippen molar-refractivity contribution in [3.63, 3.8) is 0 Å². The molecule has 1 amide bonds. The number of nitrogens with zero attached hydrogens (tertiary/aromatic N) is 2. The minimum absolute atomic E-state index is 0.00125. The molecule has 12 heteroatoms. The summed E-state index contributed by atoms with van der Waals surface area (Å²) in [5, 5.41) is 4.29. The number of carbonyl (C=O) groups excluding carboxylic acids is 2. The molecule has 0 unspecified atom stereocenters. The Hall–Kier alpha value is -3.60. The van der Waals surface area contributed by atoms with Crippen molar-refractivity contribution in [3.05, 3.63) is 88.4 Å². The Kier molecular flexibility index (Phi) is 9.96. The zero-order valence-electron chi connectivity index (χ0n) is 21.4. The predicted octanol–water partition coefficient (Wildman–Crippen LogP) is 5.06. The highest BCUT2D eigenvalue weighted by Gasteiger charge is 2.27. The average molecular weight is 593 g/mol. The van der Waals surface area contributed by atoms with E-state index in [1.54, 1.807) is 63.2 Å². The maximum atomic E-state index is 13.3. The Morgan fingerprint density at radius 1 is 0.974 bits per heavy atom. The largest absolute Gasteiger partial charge is 0.482 e. The first-order valence-corrected chi connectivity index (χ1v) is 13.8. The molecule has 0 aliphatic heterocycles. The van der Waals surface area contributed by atoms with E-state index in [0.717, 1.165) is 4.31 Å². The zero-order chi connectivity index (χ0) is 28.6. The molecule has 3 rings (SSSR count). The highest BCUT2D eigenvalue weighted by molar-refractivity contribution is 7.92. The molecule has 0 heterocycles. The lowest BCUT2D eigenvalue weighted by atomic mass is 10.2. The van der Waals surface area contributed by atoms with Crippen LogP contribution in [-0.2, 0) is 24.3 Å². The fraction of sp³-hybridized carbons (Fsp3) is 0.222. The van der Waals surface area contributed by atoms with Crippen molar-refractivity contribution in [1.82, 2.24) is 5.43 Å². The third-order valence-electron chi connectivity index (χ3n) is 4.87. The maximum Gasteiger partial charge on any atom is 0.344 e. The summed E-state index contributed by atoms with van der Waals surface area (Å²) >= 11 is 12.1. The smallest absolute Gasteiger partial charge is 0.344 e. The van der Waals surface area contributed by atoms with Crippen molar-refractivity contribution in [2.24, 2.45) is 5.10 Å². The molecule has 0 fully saturated rings. The number of sulfonamides is 1. The molecular weight excluding hydrogens is 565 g/mol. The summed E-state index contributed by atoms with van der Waals surface area (Å²) in [6.45, 7) is 4.51. The molecule has 3 aromatic carbocycles. The fourth-order valence-corrected chi connectivity index (χ4v) is 4.91. The number of esters is 1. The van der Waals surface area contributed by atoms with Crippen molar-refractivity contribution in [2.45, 2.75) is 31.3 Å². The van der Waals surface area contributed by atoms with Crippen LogP contribution in [0, 0.1) is 0 Å². The summed E-state index contributed by atoms with van der Waals surface area (Å²) in [4.78, 5) is 24.5. The molecule has 0 saturated carbocycles. The molecule has 0 bridgehead atoms. The Bertz CT molecular complexity index is 1440. The Balaban J connectivity index is 1.66. The van der Waals surface area contributed by atoms with E-state index in [2.05, 4.69) is 10.5 Å². The first kappa shape index (κ1) is 29.9. The van der Waals surface area contributed by atoms with E-state index in [1.165, 1.54) is 36.5 Å². The molecule has 0 spiro atoms. The third kappa shape index (κ3) is 8.98. The van der Waals surface area contributed by atoms with Gasteiger partial charge < -0.3 is 9.47 Å². The molecule has 0 saturated heterocycles. The Labute approximate surface area is 237 Å². The second-order valence-corrected chi connectivity index (χ2v) is 11.8. The first-order chi connectivity index (χ1) is 18.3. The molecule has 0 aliphatic carbocycles. The van der Waals surface area contributed by atoms with E-state index >= 15 is 0 Å². The van der Waals surface area contributed by atoms with Crippen molar-refractivity contribution in [3.8, 4) is 5.75 Å². The van der Waals surface area contributed by atoms with E-state index in [1.807, 2.05) is 0 Å². The molecule has 206 valence electrons. The summed E-state index contributed by atoms with van der Waals surface area (Å²) in [5.41, 5.74) is 2.51. The molecule has 0 aromatic heterocycles. The van der Waals surface area contributed by atoms with E-state index in [-0.39, 0.29) is 27.2 Å². The summed E-state index contributed by atoms with van der Waals surface area (Å²) in [6.07, 6.45) is 1.38. The average Bonchev–Trinajstić information content (AvgIpc) is 2.88. The number of carbonyl (C=O) groups is 2. The highest BCUT2D eigenvalue weighted by Crippen LogP contribution is 2.30. The molecule has 0 atom stereocenters. The molecule has 1 N–H and O–H groups in total. The van der Waals surface area contributed by atoms with Gasteiger partial charge in [-0.3, -0.25) is 9.10 Å². The second-order valence-electron chi connectivity index (χ2n) is 9.16. The number of ether oxygens (including phenoxy) is 2. The molecule has 0 aliphatic rings. The van der Waals surface area contributed by atoms with Crippen LogP contribution in [0.2, 0.25) is 10.0 Å². The van der Waals surface area contributed by atoms with E-state index < -0.39 is 34.0 Å². The SMILES string of the molecule is CC(C)(C)OC(=O)COc1ccc(/C=N/NC(=O)CN(c2ccc(Cl)c(Cl)c2)S(=O)(=O)c2ccccc2)cc1. The van der Waals surface area contributed by atoms with Crippen LogP contribution in [0.1, 0.15) is 26.3 Å². The van der Waals surface area contributed by atoms with Crippen LogP contribution in [0.3, 0.4) is 0 Å². The normalized spacial score (nSPS) is 11.7. The van der Waals surface area contributed by atoms with Gasteiger partial charge in [0.25, 0.3) is 15.9 Å². The van der Waals surface area contributed by atoms with E-state index in [9.17, 15) is 18.0 Å². The van der Waals surface area contributed by atoms with Crippen LogP contribution < -0.4 is 14.5 Å². The molecule has 9 nitrogen and oxygen atoms in total. The minimum Gasteiger partial charge on any atom is -0.482 e. The van der Waals surface area contributed by atoms with Gasteiger partial charge in [-0.15, -0.1) is 0 Å². The van der Waals surface area contributed by atoms with Crippen molar-refractivity contribution < 1.29 is 27.5 Å². The quantitative estimate of drug-likeness (QED) is 0.200. The summed E-state index contributed by atoms with van der Waals surface area (Å²) in [6, 6.07) is 18.6. The maximum absolute atomic E-state index is 13.3. The standard InChI is InChI=1S/C27H27Cl2N3O6S/c1-27(2,3)38-26(34)18-37-21-12-9-19(10-13-21)16-30-31-25(33)17-32(20-11-14-23(28)24(29)15-20)39(35,36)22-7-5-4-6-8-22/h4-16H,17-18H2,1-3H3,(H,31,33)/b30-16+. The van der Waals surface area contributed by atoms with Gasteiger partial charge in [-0.05, 0) is 80.9 Å². The van der Waals surface area contributed by atoms with Gasteiger partial charge in [-0.25, -0.2) is 18.6 Å².